The molecule has 66 heavy (non-hydrogen) atoms. The molecule has 0 spiro atoms. The lowest BCUT2D eigenvalue weighted by molar-refractivity contribution is -0.132. The van der Waals surface area contributed by atoms with Gasteiger partial charge in [0.1, 0.15) is 12.1 Å². The van der Waals surface area contributed by atoms with Crippen molar-refractivity contribution in [2.45, 2.75) is 52.1 Å². The van der Waals surface area contributed by atoms with Crippen molar-refractivity contribution < 1.29 is 71.3 Å². The number of carbonyl (C=O) groups is 4. The molecule has 0 unspecified atom stereocenters. The van der Waals surface area contributed by atoms with Crippen molar-refractivity contribution in [3.05, 3.63) is 40.3 Å². The van der Waals surface area contributed by atoms with Crippen LogP contribution < -0.4 is 27.0 Å². The molecule has 0 aliphatic carbocycles. The van der Waals surface area contributed by atoms with Crippen LogP contribution in [0.2, 0.25) is 0 Å². The third kappa shape index (κ3) is 36.9. The van der Waals surface area contributed by atoms with E-state index in [0.29, 0.717) is 151 Å². The van der Waals surface area contributed by atoms with Gasteiger partial charge in [0.2, 0.25) is 17.7 Å². The van der Waals surface area contributed by atoms with Gasteiger partial charge in [-0.05, 0) is 43.3 Å². The molecule has 23 nitrogen and oxygen atoms in total. The van der Waals surface area contributed by atoms with E-state index < -0.39 is 29.9 Å². The highest BCUT2D eigenvalue weighted by Crippen LogP contribution is 2.11. The smallest absolute Gasteiger partial charge is 0.312 e. The Kier molecular flexibility index (Phi) is 39.3. The van der Waals surface area contributed by atoms with Gasteiger partial charge in [-0.15, -0.1) is 0 Å². The Hall–Kier alpha value is -4.23. The minimum atomic E-state index is -0.923. The number of hydrogen-bond donors (Lipinski definition) is 5. The Bertz CT molecular complexity index is 1430. The summed E-state index contributed by atoms with van der Waals surface area (Å²) in [5.41, 5.74) is 14.9. The van der Waals surface area contributed by atoms with Crippen LogP contribution in [0.4, 0.5) is 10.5 Å². The fourth-order valence-corrected chi connectivity index (χ4v) is 5.31. The van der Waals surface area contributed by atoms with Crippen molar-refractivity contribution in [1.29, 1.82) is 0 Å². The maximum atomic E-state index is 13.3. The summed E-state index contributed by atoms with van der Waals surface area (Å²) < 4.78 is 60.0. The lowest BCUT2D eigenvalue weighted by atomic mass is 10.0. The molecule has 23 heteroatoms. The van der Waals surface area contributed by atoms with E-state index in [1.54, 1.807) is 26.0 Å². The molecule has 1 aromatic carbocycles. The largest absolute Gasteiger partial charge is 0.379 e. The van der Waals surface area contributed by atoms with Crippen LogP contribution in [0, 0.1) is 12.8 Å². The summed E-state index contributed by atoms with van der Waals surface area (Å²) in [5.74, 6) is -1.57. The summed E-state index contributed by atoms with van der Waals surface area (Å²) >= 11 is 0. The lowest BCUT2D eigenvalue weighted by Gasteiger charge is -2.25. The average molecular weight is 945 g/mol. The van der Waals surface area contributed by atoms with Crippen molar-refractivity contribution in [1.82, 2.24) is 16.0 Å². The van der Waals surface area contributed by atoms with Crippen LogP contribution in [0.3, 0.4) is 0 Å². The molecule has 1 rings (SSSR count). The van der Waals surface area contributed by atoms with Gasteiger partial charge in [0, 0.05) is 30.1 Å². The zero-order valence-electron chi connectivity index (χ0n) is 39.2. The first-order valence-electron chi connectivity index (χ1n) is 22.5. The highest BCUT2D eigenvalue weighted by atomic mass is 16.6. The maximum absolute atomic E-state index is 13.3. The molecule has 0 bridgehead atoms. The Morgan fingerprint density at radius 3 is 1.36 bits per heavy atom. The Morgan fingerprint density at radius 1 is 0.591 bits per heavy atom. The summed E-state index contributed by atoms with van der Waals surface area (Å²) in [6.07, 6.45) is 0.640. The first-order valence-corrected chi connectivity index (χ1v) is 22.5. The molecule has 378 valence electrons. The van der Waals surface area contributed by atoms with Crippen LogP contribution in [0.5, 0.6) is 0 Å². The standard InChI is InChI=1S/C43H76N8O15/c1-35(2)40(42(54)49-38(5-4-11-46-43(44)55)41(53)48-37-8-6-36(3)7-9-37)50-39(52)10-13-56-15-17-58-19-21-60-23-25-62-27-29-64-31-33-66-34-32-65-30-28-63-26-24-61-22-20-59-18-16-57-14-12-47-51-45/h6-9,35,38,40H,4-5,10-34H2,1-3H3,(H,48,53)(H,49,54)(H,50,52)(H3,44,46,55)/t38-,40-/m0/s1. The molecular formula is C43H76N8O15. The van der Waals surface area contributed by atoms with Gasteiger partial charge in [-0.2, -0.15) is 0 Å². The third-order valence-electron chi connectivity index (χ3n) is 8.78. The minimum Gasteiger partial charge on any atom is -0.379 e. The third-order valence-corrected chi connectivity index (χ3v) is 8.78. The first kappa shape index (κ1) is 59.8. The van der Waals surface area contributed by atoms with Gasteiger partial charge in [-0.3, -0.25) is 14.4 Å². The number of anilines is 1. The number of hydrogen-bond acceptors (Lipinski definition) is 16. The molecular weight excluding hydrogens is 869 g/mol. The number of amides is 5. The number of nitrogens with zero attached hydrogens (tertiary/aromatic N) is 3. The summed E-state index contributed by atoms with van der Waals surface area (Å²) in [6.45, 7) is 15.2. The molecule has 0 aromatic heterocycles. The van der Waals surface area contributed by atoms with Crippen molar-refractivity contribution in [2.24, 2.45) is 16.8 Å². The molecule has 1 aromatic rings. The molecule has 0 aliphatic heterocycles. The predicted molar refractivity (Wildman–Crippen MR) is 243 cm³/mol. The Morgan fingerprint density at radius 2 is 0.985 bits per heavy atom. The summed E-state index contributed by atoms with van der Waals surface area (Å²) in [4.78, 5) is 52.9. The van der Waals surface area contributed by atoms with Crippen LogP contribution in [-0.2, 0) is 66.5 Å². The minimum absolute atomic E-state index is 0.0300. The van der Waals surface area contributed by atoms with Crippen LogP contribution >= 0.6 is 0 Å². The highest BCUT2D eigenvalue weighted by molar-refractivity contribution is 5.98. The van der Waals surface area contributed by atoms with Gasteiger partial charge in [-0.1, -0.05) is 36.7 Å². The Labute approximate surface area is 389 Å². The van der Waals surface area contributed by atoms with Crippen molar-refractivity contribution in [3.8, 4) is 0 Å². The fraction of sp³-hybridized carbons (Fsp3) is 0.767. The second kappa shape index (κ2) is 43.3. The molecule has 0 fully saturated rings. The lowest BCUT2D eigenvalue weighted by Crippen LogP contribution is -2.54. The number of primary amides is 1. The van der Waals surface area contributed by atoms with Crippen molar-refractivity contribution in [2.75, 3.05) is 164 Å². The van der Waals surface area contributed by atoms with Gasteiger partial charge < -0.3 is 79.1 Å². The molecule has 0 radical (unpaired) electrons. The van der Waals surface area contributed by atoms with E-state index in [9.17, 15) is 19.2 Å². The topological polar surface area (TPSA) is 293 Å². The van der Waals surface area contributed by atoms with E-state index in [2.05, 4.69) is 31.3 Å². The number of nitrogens with one attached hydrogen (secondary N) is 4. The van der Waals surface area contributed by atoms with Gasteiger partial charge >= 0.3 is 6.03 Å². The molecule has 0 aliphatic rings. The number of azide groups is 1. The Balaban J connectivity index is 1.96. The zero-order valence-corrected chi connectivity index (χ0v) is 39.2. The number of ether oxygens (including phenoxy) is 11. The van der Waals surface area contributed by atoms with Crippen LogP contribution in [0.25, 0.3) is 10.4 Å². The van der Waals surface area contributed by atoms with E-state index in [0.717, 1.165) is 5.56 Å². The number of benzene rings is 1. The number of urea groups is 1. The van der Waals surface area contributed by atoms with E-state index in [1.165, 1.54) is 0 Å². The van der Waals surface area contributed by atoms with Crippen LogP contribution in [0.15, 0.2) is 29.4 Å². The van der Waals surface area contributed by atoms with Crippen molar-refractivity contribution in [3.63, 3.8) is 0 Å². The maximum Gasteiger partial charge on any atom is 0.312 e. The number of nitrogens with two attached hydrogens (primary N) is 1. The second-order valence-electron chi connectivity index (χ2n) is 14.6. The molecule has 0 saturated heterocycles. The van der Waals surface area contributed by atoms with Gasteiger partial charge in [0.25, 0.3) is 0 Å². The van der Waals surface area contributed by atoms with Crippen LogP contribution in [-0.4, -0.2) is 194 Å². The van der Waals surface area contributed by atoms with Gasteiger partial charge in [-0.25, -0.2) is 4.79 Å². The second-order valence-corrected chi connectivity index (χ2v) is 14.6. The van der Waals surface area contributed by atoms with Gasteiger partial charge in [0.05, 0.1) is 145 Å². The van der Waals surface area contributed by atoms with Crippen molar-refractivity contribution >= 4 is 29.4 Å². The SMILES string of the molecule is Cc1ccc(NC(=O)[C@H](CCCNC(N)=O)NC(=O)[C@@H](NC(=O)CCOCCOCCOCCOCCOCCOCCOCCOCCOCCOCCOCCN=[N+]=[N-])C(C)C)cc1. The van der Waals surface area contributed by atoms with Crippen LogP contribution in [0.1, 0.15) is 38.7 Å². The molecule has 0 saturated carbocycles. The average Bonchev–Trinajstić information content (AvgIpc) is 3.29. The summed E-state index contributed by atoms with van der Waals surface area (Å²) in [5, 5.41) is 14.2. The fourth-order valence-electron chi connectivity index (χ4n) is 5.31. The summed E-state index contributed by atoms with van der Waals surface area (Å²) in [6, 6.07) is 4.75. The highest BCUT2D eigenvalue weighted by Gasteiger charge is 2.29. The van der Waals surface area contributed by atoms with E-state index in [4.69, 9.17) is 63.4 Å². The number of aryl methyl sites for hydroxylation is 1. The zero-order chi connectivity index (χ0) is 48.1. The molecule has 2 atom stereocenters. The molecule has 5 amide bonds. The van der Waals surface area contributed by atoms with E-state index >= 15 is 0 Å². The van der Waals surface area contributed by atoms with Gasteiger partial charge in [0.15, 0.2) is 0 Å². The monoisotopic (exact) mass is 945 g/mol. The quantitative estimate of drug-likeness (QED) is 0.0270. The predicted octanol–water partition coefficient (Wildman–Crippen LogP) is 1.89. The van der Waals surface area contributed by atoms with E-state index in [1.807, 2.05) is 19.1 Å². The van der Waals surface area contributed by atoms with E-state index in [-0.39, 0.29) is 44.4 Å². The number of rotatable bonds is 46. The summed E-state index contributed by atoms with van der Waals surface area (Å²) in [7, 11) is 0. The first-order chi connectivity index (χ1) is 32.1. The molecule has 0 heterocycles. The molecule has 6 N–H and O–H groups in total. The number of carbonyl (C=O) groups excluding carboxylic acids is 4. The normalized spacial score (nSPS) is 12.1.